The fourth-order valence-corrected chi connectivity index (χ4v) is 2.74. The Kier molecular flexibility index (Phi) is 4.32. The van der Waals surface area contributed by atoms with Crippen LogP contribution >= 0.6 is 0 Å². The van der Waals surface area contributed by atoms with Crippen molar-refractivity contribution in [3.63, 3.8) is 0 Å². The van der Waals surface area contributed by atoms with E-state index >= 15 is 0 Å². The van der Waals surface area contributed by atoms with Crippen LogP contribution in [0.5, 0.6) is 0 Å². The van der Waals surface area contributed by atoms with E-state index in [-0.39, 0.29) is 11.9 Å². The van der Waals surface area contributed by atoms with Gasteiger partial charge in [0.25, 0.3) is 5.91 Å². The number of carbonyl (C=O) groups is 2. The number of nitrogens with two attached hydrogens (primary N) is 1. The van der Waals surface area contributed by atoms with Gasteiger partial charge in [-0.3, -0.25) is 14.3 Å². The highest BCUT2D eigenvalue weighted by atomic mass is 16.5. The second-order valence-corrected chi connectivity index (χ2v) is 5.60. The molecule has 116 valence electrons. The Morgan fingerprint density at radius 2 is 2.14 bits per heavy atom. The minimum atomic E-state index is -0.743. The van der Waals surface area contributed by atoms with E-state index in [1.54, 1.807) is 17.8 Å². The molecule has 2 amide bonds. The average molecular weight is 294 g/mol. The summed E-state index contributed by atoms with van der Waals surface area (Å²) >= 11 is 0. The van der Waals surface area contributed by atoms with Crippen molar-refractivity contribution in [2.24, 2.45) is 5.73 Å². The van der Waals surface area contributed by atoms with E-state index in [9.17, 15) is 9.59 Å². The van der Waals surface area contributed by atoms with Gasteiger partial charge in [-0.2, -0.15) is 5.10 Å². The number of rotatable bonds is 3. The van der Waals surface area contributed by atoms with Gasteiger partial charge >= 0.3 is 0 Å². The standard InChI is InChI=1S/C14H22N4O3/c1-8(2)18-9(3)11(7-16-18)14(20)17-5-6-21-10(4)12(17)13(15)19/h7-8,10,12H,5-6H2,1-4H3,(H2,15,19)/t10-,12+/m1/s1. The maximum absolute atomic E-state index is 12.7. The van der Waals surface area contributed by atoms with Crippen LogP contribution in [0.4, 0.5) is 0 Å². The molecule has 1 aromatic rings. The van der Waals surface area contributed by atoms with E-state index < -0.39 is 18.1 Å². The van der Waals surface area contributed by atoms with Crippen LogP contribution in [0, 0.1) is 6.92 Å². The molecule has 1 saturated heterocycles. The summed E-state index contributed by atoms with van der Waals surface area (Å²) in [5.41, 5.74) is 6.71. The predicted octanol–water partition coefficient (Wildman–Crippen LogP) is 0.487. The topological polar surface area (TPSA) is 90.4 Å². The van der Waals surface area contributed by atoms with Crippen molar-refractivity contribution >= 4 is 11.8 Å². The molecule has 1 aromatic heterocycles. The Morgan fingerprint density at radius 1 is 1.48 bits per heavy atom. The molecule has 2 rings (SSSR count). The van der Waals surface area contributed by atoms with Crippen LogP contribution in [0.25, 0.3) is 0 Å². The van der Waals surface area contributed by atoms with Gasteiger partial charge in [0, 0.05) is 18.3 Å². The normalized spacial score (nSPS) is 22.6. The molecule has 1 aliphatic heterocycles. The number of carbonyl (C=O) groups excluding carboxylic acids is 2. The van der Waals surface area contributed by atoms with Gasteiger partial charge in [-0.05, 0) is 27.7 Å². The van der Waals surface area contributed by atoms with Gasteiger partial charge in [-0.15, -0.1) is 0 Å². The summed E-state index contributed by atoms with van der Waals surface area (Å²) < 4.78 is 7.21. The quantitative estimate of drug-likeness (QED) is 0.878. The zero-order valence-electron chi connectivity index (χ0n) is 12.9. The fraction of sp³-hybridized carbons (Fsp3) is 0.643. The number of primary amides is 1. The molecule has 0 unspecified atom stereocenters. The van der Waals surface area contributed by atoms with E-state index in [0.29, 0.717) is 18.7 Å². The summed E-state index contributed by atoms with van der Waals surface area (Å²) in [6.45, 7) is 8.34. The minimum Gasteiger partial charge on any atom is -0.374 e. The van der Waals surface area contributed by atoms with E-state index in [2.05, 4.69) is 5.10 Å². The van der Waals surface area contributed by atoms with Crippen molar-refractivity contribution in [3.8, 4) is 0 Å². The van der Waals surface area contributed by atoms with Gasteiger partial charge in [-0.25, -0.2) is 0 Å². The predicted molar refractivity (Wildman–Crippen MR) is 76.8 cm³/mol. The molecule has 0 aliphatic carbocycles. The number of nitrogens with zero attached hydrogens (tertiary/aromatic N) is 3. The lowest BCUT2D eigenvalue weighted by atomic mass is 10.1. The van der Waals surface area contributed by atoms with Crippen LogP contribution in [-0.4, -0.2) is 51.8 Å². The number of aromatic nitrogens is 2. The maximum atomic E-state index is 12.7. The van der Waals surface area contributed by atoms with E-state index in [0.717, 1.165) is 5.69 Å². The first-order valence-electron chi connectivity index (χ1n) is 7.10. The zero-order valence-corrected chi connectivity index (χ0v) is 12.9. The molecule has 7 heteroatoms. The molecule has 21 heavy (non-hydrogen) atoms. The summed E-state index contributed by atoms with van der Waals surface area (Å²) in [6, 6.07) is -0.574. The van der Waals surface area contributed by atoms with Gasteiger partial charge in [0.15, 0.2) is 0 Å². The van der Waals surface area contributed by atoms with Crippen LogP contribution in [0.2, 0.25) is 0 Å². The number of hydrogen-bond acceptors (Lipinski definition) is 4. The molecule has 1 aliphatic rings. The number of hydrogen-bond donors (Lipinski definition) is 1. The Balaban J connectivity index is 2.32. The summed E-state index contributed by atoms with van der Waals surface area (Å²) in [7, 11) is 0. The molecule has 7 nitrogen and oxygen atoms in total. The van der Waals surface area contributed by atoms with Crippen LogP contribution in [0.15, 0.2) is 6.20 Å². The van der Waals surface area contributed by atoms with Crippen LogP contribution in [-0.2, 0) is 9.53 Å². The Hall–Kier alpha value is -1.89. The lowest BCUT2D eigenvalue weighted by molar-refractivity contribution is -0.132. The van der Waals surface area contributed by atoms with Gasteiger partial charge in [0.1, 0.15) is 6.04 Å². The molecule has 0 spiro atoms. The fourth-order valence-electron chi connectivity index (χ4n) is 2.74. The van der Waals surface area contributed by atoms with Crippen LogP contribution in [0.1, 0.15) is 42.9 Å². The molecule has 1 fully saturated rings. The molecular formula is C14H22N4O3. The molecule has 0 bridgehead atoms. The molecule has 0 aromatic carbocycles. The number of ether oxygens (including phenoxy) is 1. The van der Waals surface area contributed by atoms with Gasteiger partial charge < -0.3 is 15.4 Å². The number of amides is 2. The Morgan fingerprint density at radius 3 is 2.67 bits per heavy atom. The SMILES string of the molecule is Cc1c(C(=O)N2CCO[C@H](C)[C@H]2C(N)=O)cnn1C(C)C. The summed E-state index contributed by atoms with van der Waals surface area (Å²) in [5.74, 6) is -0.775. The summed E-state index contributed by atoms with van der Waals surface area (Å²) in [5, 5.41) is 4.24. The van der Waals surface area contributed by atoms with Crippen molar-refractivity contribution < 1.29 is 14.3 Å². The third-order valence-corrected chi connectivity index (χ3v) is 3.81. The largest absolute Gasteiger partial charge is 0.374 e. The maximum Gasteiger partial charge on any atom is 0.258 e. The van der Waals surface area contributed by atoms with E-state index in [1.165, 1.54) is 4.90 Å². The van der Waals surface area contributed by atoms with Crippen molar-refractivity contribution in [2.75, 3.05) is 13.2 Å². The highest BCUT2D eigenvalue weighted by Gasteiger charge is 2.38. The van der Waals surface area contributed by atoms with Gasteiger partial charge in [0.05, 0.1) is 24.5 Å². The third kappa shape index (κ3) is 2.78. The Bertz CT molecular complexity index is 552. The van der Waals surface area contributed by atoms with E-state index in [4.69, 9.17) is 10.5 Å². The minimum absolute atomic E-state index is 0.169. The lowest BCUT2D eigenvalue weighted by Gasteiger charge is -2.37. The number of morpholine rings is 1. The first-order valence-corrected chi connectivity index (χ1v) is 7.10. The molecule has 2 atom stereocenters. The van der Waals surface area contributed by atoms with Crippen molar-refractivity contribution in [3.05, 3.63) is 17.5 Å². The molecule has 2 N–H and O–H groups in total. The molecule has 2 heterocycles. The molecule has 0 saturated carbocycles. The van der Waals surface area contributed by atoms with Crippen molar-refractivity contribution in [1.82, 2.24) is 14.7 Å². The first-order chi connectivity index (χ1) is 9.84. The summed E-state index contributed by atoms with van der Waals surface area (Å²) in [6.07, 6.45) is 1.15. The summed E-state index contributed by atoms with van der Waals surface area (Å²) in [4.78, 5) is 25.9. The van der Waals surface area contributed by atoms with Crippen molar-refractivity contribution in [1.29, 1.82) is 0 Å². The lowest BCUT2D eigenvalue weighted by Crippen LogP contribution is -2.58. The first kappa shape index (κ1) is 15.5. The second-order valence-electron chi connectivity index (χ2n) is 5.60. The zero-order chi connectivity index (χ0) is 15.7. The van der Waals surface area contributed by atoms with Crippen molar-refractivity contribution in [2.45, 2.75) is 45.9 Å². The van der Waals surface area contributed by atoms with E-state index in [1.807, 2.05) is 20.8 Å². The highest BCUT2D eigenvalue weighted by molar-refractivity contribution is 5.98. The van der Waals surface area contributed by atoms with Gasteiger partial charge in [0.2, 0.25) is 5.91 Å². The monoisotopic (exact) mass is 294 g/mol. The van der Waals surface area contributed by atoms with Crippen LogP contribution < -0.4 is 5.73 Å². The molecular weight excluding hydrogens is 272 g/mol. The third-order valence-electron chi connectivity index (χ3n) is 3.81. The Labute approximate surface area is 124 Å². The smallest absolute Gasteiger partial charge is 0.258 e. The average Bonchev–Trinajstić information content (AvgIpc) is 2.79. The van der Waals surface area contributed by atoms with Crippen LogP contribution in [0.3, 0.4) is 0 Å². The second kappa shape index (κ2) is 5.85. The molecule has 0 radical (unpaired) electrons. The van der Waals surface area contributed by atoms with Gasteiger partial charge in [-0.1, -0.05) is 0 Å². The highest BCUT2D eigenvalue weighted by Crippen LogP contribution is 2.20.